The van der Waals surface area contributed by atoms with E-state index in [1.807, 2.05) is 0 Å². The standard InChI is InChI=1S/C8H6N2O2S.Na/c9-8-10-5-3-4(7(11)12)1-2-6(5)13-8;/h1-3H,(H2,9,10)(H,11,12);/q;+1/p-1. The van der Waals surface area contributed by atoms with Gasteiger partial charge in [0.05, 0.1) is 16.2 Å². The van der Waals surface area contributed by atoms with Crippen molar-refractivity contribution in [3.63, 3.8) is 0 Å². The number of carboxylic acid groups (broad SMARTS) is 1. The molecule has 1 aromatic carbocycles. The molecule has 0 saturated heterocycles. The minimum absolute atomic E-state index is 0. The number of carboxylic acids is 1. The van der Waals surface area contributed by atoms with Crippen LogP contribution < -0.4 is 40.4 Å². The molecule has 2 N–H and O–H groups in total. The normalized spacial score (nSPS) is 9.71. The second kappa shape index (κ2) is 4.27. The molecule has 6 heteroatoms. The molecule has 0 radical (unpaired) electrons. The number of aromatic nitrogens is 1. The molecule has 0 aliphatic heterocycles. The molecule has 0 aliphatic rings. The predicted molar refractivity (Wildman–Crippen MR) is 48.4 cm³/mol. The Bertz CT molecular complexity index is 483. The summed E-state index contributed by atoms with van der Waals surface area (Å²) in [5.74, 6) is -1.20. The smallest absolute Gasteiger partial charge is 0.545 e. The number of carbonyl (C=O) groups excluding carboxylic acids is 1. The van der Waals surface area contributed by atoms with Crippen molar-refractivity contribution >= 4 is 32.7 Å². The van der Waals surface area contributed by atoms with Gasteiger partial charge in [0.2, 0.25) is 0 Å². The molecule has 0 amide bonds. The molecule has 0 bridgehead atoms. The molecule has 14 heavy (non-hydrogen) atoms. The van der Waals surface area contributed by atoms with Gasteiger partial charge in [-0.3, -0.25) is 0 Å². The monoisotopic (exact) mass is 216 g/mol. The van der Waals surface area contributed by atoms with Gasteiger partial charge in [-0.05, 0) is 17.7 Å². The summed E-state index contributed by atoms with van der Waals surface area (Å²) in [4.78, 5) is 14.4. The van der Waals surface area contributed by atoms with Gasteiger partial charge in [0.15, 0.2) is 5.13 Å². The van der Waals surface area contributed by atoms with E-state index in [9.17, 15) is 9.90 Å². The van der Waals surface area contributed by atoms with Crippen LogP contribution in [0.15, 0.2) is 18.2 Å². The number of nitrogen functional groups attached to an aromatic ring is 1. The first-order valence-corrected chi connectivity index (χ1v) is 4.36. The first kappa shape index (κ1) is 11.5. The fourth-order valence-corrected chi connectivity index (χ4v) is 1.79. The number of aromatic carboxylic acids is 1. The average Bonchev–Trinajstić information content (AvgIpc) is 2.42. The Morgan fingerprint density at radius 3 is 2.86 bits per heavy atom. The third kappa shape index (κ3) is 2.06. The molecule has 66 valence electrons. The van der Waals surface area contributed by atoms with Crippen LogP contribution in [0.5, 0.6) is 0 Å². The molecule has 0 atom stereocenters. The Morgan fingerprint density at radius 1 is 1.50 bits per heavy atom. The van der Waals surface area contributed by atoms with E-state index >= 15 is 0 Å². The zero-order chi connectivity index (χ0) is 9.42. The minimum atomic E-state index is -1.20. The van der Waals surface area contributed by atoms with Crippen LogP contribution in [0, 0.1) is 0 Å². The van der Waals surface area contributed by atoms with Gasteiger partial charge in [0.25, 0.3) is 0 Å². The summed E-state index contributed by atoms with van der Waals surface area (Å²) in [5, 5.41) is 10.9. The van der Waals surface area contributed by atoms with Crippen molar-refractivity contribution in [2.45, 2.75) is 0 Å². The number of fused-ring (bicyclic) bond motifs is 1. The maximum Gasteiger partial charge on any atom is 1.00 e. The first-order chi connectivity index (χ1) is 6.16. The van der Waals surface area contributed by atoms with Crippen molar-refractivity contribution in [3.8, 4) is 0 Å². The van der Waals surface area contributed by atoms with Crippen LogP contribution >= 0.6 is 11.3 Å². The van der Waals surface area contributed by atoms with E-state index in [2.05, 4.69) is 4.98 Å². The fraction of sp³-hybridized carbons (Fsp3) is 0. The summed E-state index contributed by atoms with van der Waals surface area (Å²) in [5.41, 5.74) is 6.19. The number of rotatable bonds is 1. The van der Waals surface area contributed by atoms with E-state index in [-0.39, 0.29) is 35.1 Å². The predicted octanol–water partition coefficient (Wildman–Crippen LogP) is -2.75. The number of nitrogens with zero attached hydrogens (tertiary/aromatic N) is 1. The van der Waals surface area contributed by atoms with Gasteiger partial charge < -0.3 is 15.6 Å². The van der Waals surface area contributed by atoms with Crippen molar-refractivity contribution < 1.29 is 39.5 Å². The van der Waals surface area contributed by atoms with Gasteiger partial charge >= 0.3 is 29.6 Å². The summed E-state index contributed by atoms with van der Waals surface area (Å²) in [6.45, 7) is 0. The summed E-state index contributed by atoms with van der Waals surface area (Å²) < 4.78 is 0.877. The van der Waals surface area contributed by atoms with E-state index < -0.39 is 5.97 Å². The molecular weight excluding hydrogens is 211 g/mol. The van der Waals surface area contributed by atoms with Crippen LogP contribution in [0.3, 0.4) is 0 Å². The van der Waals surface area contributed by atoms with Crippen molar-refractivity contribution in [2.75, 3.05) is 5.73 Å². The van der Waals surface area contributed by atoms with Crippen molar-refractivity contribution in [1.82, 2.24) is 4.98 Å². The van der Waals surface area contributed by atoms with E-state index in [1.165, 1.54) is 23.5 Å². The summed E-state index contributed by atoms with van der Waals surface area (Å²) in [7, 11) is 0. The Hall–Kier alpha value is -0.620. The Balaban J connectivity index is 0.000000980. The molecule has 0 fully saturated rings. The van der Waals surface area contributed by atoms with Crippen molar-refractivity contribution in [3.05, 3.63) is 23.8 Å². The van der Waals surface area contributed by atoms with Crippen LogP contribution in [-0.2, 0) is 0 Å². The van der Waals surface area contributed by atoms with Gasteiger partial charge in [-0.1, -0.05) is 17.4 Å². The molecule has 4 nitrogen and oxygen atoms in total. The first-order valence-electron chi connectivity index (χ1n) is 3.54. The number of hydrogen-bond acceptors (Lipinski definition) is 5. The van der Waals surface area contributed by atoms with Crippen LogP contribution in [0.25, 0.3) is 10.2 Å². The second-order valence-electron chi connectivity index (χ2n) is 2.52. The van der Waals surface area contributed by atoms with Crippen molar-refractivity contribution in [2.24, 2.45) is 0 Å². The van der Waals surface area contributed by atoms with Crippen LogP contribution in [-0.4, -0.2) is 11.0 Å². The average molecular weight is 216 g/mol. The second-order valence-corrected chi connectivity index (χ2v) is 3.58. The minimum Gasteiger partial charge on any atom is -0.545 e. The molecular formula is C8H5N2NaO2S. The van der Waals surface area contributed by atoms with Gasteiger partial charge in [-0.25, -0.2) is 4.98 Å². The van der Waals surface area contributed by atoms with E-state index in [4.69, 9.17) is 5.73 Å². The summed E-state index contributed by atoms with van der Waals surface area (Å²) in [6.07, 6.45) is 0. The molecule has 0 unspecified atom stereocenters. The number of benzene rings is 1. The van der Waals surface area contributed by atoms with Crippen LogP contribution in [0.1, 0.15) is 10.4 Å². The molecule has 1 aromatic heterocycles. The number of thiazole rings is 1. The Labute approximate surface area is 106 Å². The Morgan fingerprint density at radius 2 is 2.21 bits per heavy atom. The maximum atomic E-state index is 10.5. The third-order valence-corrected chi connectivity index (χ3v) is 2.51. The molecule has 2 aromatic rings. The topological polar surface area (TPSA) is 79.0 Å². The van der Waals surface area contributed by atoms with Gasteiger partial charge in [-0.2, -0.15) is 0 Å². The molecule has 0 aliphatic carbocycles. The van der Waals surface area contributed by atoms with Gasteiger partial charge in [-0.15, -0.1) is 0 Å². The SMILES string of the molecule is Nc1nc2cc(C(=O)[O-])ccc2s1.[Na+]. The summed E-state index contributed by atoms with van der Waals surface area (Å²) >= 11 is 1.33. The molecule has 0 saturated carbocycles. The van der Waals surface area contributed by atoms with Gasteiger partial charge in [0, 0.05) is 0 Å². The number of anilines is 1. The summed E-state index contributed by atoms with van der Waals surface area (Å²) in [6, 6.07) is 4.61. The van der Waals surface area contributed by atoms with Crippen molar-refractivity contribution in [1.29, 1.82) is 0 Å². The maximum absolute atomic E-state index is 10.5. The van der Waals surface area contributed by atoms with Gasteiger partial charge in [0.1, 0.15) is 0 Å². The largest absolute Gasteiger partial charge is 1.00 e. The van der Waals surface area contributed by atoms with E-state index in [1.54, 1.807) is 6.07 Å². The Kier molecular flexibility index (Phi) is 3.49. The number of hydrogen-bond donors (Lipinski definition) is 1. The quantitative estimate of drug-likeness (QED) is 0.524. The molecule has 2 rings (SSSR count). The van der Waals surface area contributed by atoms with E-state index in [0.717, 1.165) is 4.70 Å². The van der Waals surface area contributed by atoms with Crippen LogP contribution in [0.2, 0.25) is 0 Å². The number of nitrogens with two attached hydrogens (primary N) is 1. The molecule has 1 heterocycles. The fourth-order valence-electron chi connectivity index (χ4n) is 1.07. The zero-order valence-corrected chi connectivity index (χ0v) is 10.3. The van der Waals surface area contributed by atoms with E-state index in [0.29, 0.717) is 10.6 Å². The zero-order valence-electron chi connectivity index (χ0n) is 7.48. The third-order valence-electron chi connectivity index (χ3n) is 1.64. The molecule has 0 spiro atoms. The van der Waals surface area contributed by atoms with Crippen LogP contribution in [0.4, 0.5) is 5.13 Å². The number of carbonyl (C=O) groups is 1.